The van der Waals surface area contributed by atoms with E-state index in [0.29, 0.717) is 23.4 Å². The summed E-state index contributed by atoms with van der Waals surface area (Å²) in [5.74, 6) is -0.897. The lowest BCUT2D eigenvalue weighted by atomic mass is 10.1. The number of carbonyl (C=O) groups excluding carboxylic acids is 2. The van der Waals surface area contributed by atoms with Gasteiger partial charge in [0.25, 0.3) is 15.9 Å². The Bertz CT molecular complexity index is 1340. The van der Waals surface area contributed by atoms with Gasteiger partial charge in [-0.2, -0.15) is 0 Å². The van der Waals surface area contributed by atoms with Gasteiger partial charge in [-0.25, -0.2) is 8.42 Å². The molecule has 36 heavy (non-hydrogen) atoms. The van der Waals surface area contributed by atoms with Crippen LogP contribution in [0.5, 0.6) is 0 Å². The maximum atomic E-state index is 13.7. The molecule has 0 spiro atoms. The molecule has 0 heterocycles. The van der Waals surface area contributed by atoms with E-state index in [1.807, 2.05) is 46.8 Å². The minimum absolute atomic E-state index is 0.0942. The van der Waals surface area contributed by atoms with Crippen LogP contribution < -0.4 is 14.9 Å². The van der Waals surface area contributed by atoms with Crippen molar-refractivity contribution in [3.05, 3.63) is 89.5 Å². The highest BCUT2D eigenvalue weighted by atomic mass is 32.2. The van der Waals surface area contributed by atoms with E-state index in [1.54, 1.807) is 48.5 Å². The first kappa shape index (κ1) is 26.9. The van der Waals surface area contributed by atoms with Crippen LogP contribution in [0, 0.1) is 6.92 Å². The van der Waals surface area contributed by atoms with Gasteiger partial charge < -0.3 is 10.6 Å². The summed E-state index contributed by atoms with van der Waals surface area (Å²) in [6.07, 6.45) is 0.591. The van der Waals surface area contributed by atoms with Crippen molar-refractivity contribution >= 4 is 33.2 Å². The lowest BCUT2D eigenvalue weighted by Crippen LogP contribution is -2.41. The zero-order chi connectivity index (χ0) is 26.5. The van der Waals surface area contributed by atoms with Crippen molar-refractivity contribution in [2.24, 2.45) is 0 Å². The molecule has 0 atom stereocenters. The van der Waals surface area contributed by atoms with E-state index in [-0.39, 0.29) is 10.8 Å². The average Bonchev–Trinajstić information content (AvgIpc) is 2.82. The summed E-state index contributed by atoms with van der Waals surface area (Å²) in [5, 5.41) is 5.63. The maximum Gasteiger partial charge on any atom is 0.264 e. The zero-order valence-corrected chi connectivity index (χ0v) is 22.1. The molecule has 0 unspecified atom stereocenters. The highest BCUT2D eigenvalue weighted by molar-refractivity contribution is 7.92. The van der Waals surface area contributed by atoms with Crippen LogP contribution in [0.4, 0.5) is 11.4 Å². The molecule has 0 fully saturated rings. The second-order valence-corrected chi connectivity index (χ2v) is 11.5. The first-order chi connectivity index (χ1) is 16.9. The summed E-state index contributed by atoms with van der Waals surface area (Å²) in [4.78, 5) is 26.1. The summed E-state index contributed by atoms with van der Waals surface area (Å²) in [6.45, 7) is 8.95. The summed E-state index contributed by atoms with van der Waals surface area (Å²) in [5.41, 5.74) is 2.30. The average molecular weight is 508 g/mol. The molecule has 0 saturated heterocycles. The number of benzene rings is 3. The second-order valence-electron chi connectivity index (χ2n) is 9.60. The minimum Gasteiger partial charge on any atom is -0.347 e. The van der Waals surface area contributed by atoms with Gasteiger partial charge in [0, 0.05) is 5.54 Å². The molecule has 3 aromatic carbocycles. The third-order valence-electron chi connectivity index (χ3n) is 5.47. The number of aryl methyl sites for hydroxylation is 2. The summed E-state index contributed by atoms with van der Waals surface area (Å²) in [6, 6.07) is 20.3. The van der Waals surface area contributed by atoms with Gasteiger partial charge in [0.15, 0.2) is 0 Å². The zero-order valence-electron chi connectivity index (χ0n) is 21.3. The van der Waals surface area contributed by atoms with Crippen molar-refractivity contribution < 1.29 is 18.0 Å². The third-order valence-corrected chi connectivity index (χ3v) is 7.25. The van der Waals surface area contributed by atoms with E-state index in [9.17, 15) is 18.0 Å². The fourth-order valence-electron chi connectivity index (χ4n) is 3.71. The number of hydrogen-bond acceptors (Lipinski definition) is 4. The van der Waals surface area contributed by atoms with Gasteiger partial charge in [0.2, 0.25) is 5.91 Å². The molecule has 0 aliphatic heterocycles. The first-order valence-electron chi connectivity index (χ1n) is 11.8. The molecule has 0 radical (unpaired) electrons. The predicted octanol–water partition coefficient (Wildman–Crippen LogP) is 4.92. The van der Waals surface area contributed by atoms with Gasteiger partial charge in [-0.1, -0.05) is 55.0 Å². The molecule has 0 saturated carbocycles. The number of nitrogens with one attached hydrogen (secondary N) is 2. The minimum atomic E-state index is -4.05. The van der Waals surface area contributed by atoms with Crippen LogP contribution in [0.2, 0.25) is 0 Å². The molecule has 190 valence electrons. The van der Waals surface area contributed by atoms with Gasteiger partial charge in [-0.15, -0.1) is 0 Å². The fourth-order valence-corrected chi connectivity index (χ4v) is 5.17. The highest BCUT2D eigenvalue weighted by Crippen LogP contribution is 2.28. The molecule has 2 N–H and O–H groups in total. The second kappa shape index (κ2) is 11.0. The first-order valence-corrected chi connectivity index (χ1v) is 13.2. The van der Waals surface area contributed by atoms with Gasteiger partial charge >= 0.3 is 0 Å². The molecule has 0 aliphatic carbocycles. The van der Waals surface area contributed by atoms with E-state index >= 15 is 0 Å². The molecule has 2 amide bonds. The SMILES string of the molecule is CCc1ccccc1N(CC(=O)Nc1ccccc1C(=O)NC(C)(C)C)S(=O)(=O)c1ccc(C)cc1. The van der Waals surface area contributed by atoms with E-state index in [4.69, 9.17) is 0 Å². The summed E-state index contributed by atoms with van der Waals surface area (Å²) >= 11 is 0. The van der Waals surface area contributed by atoms with E-state index in [2.05, 4.69) is 10.6 Å². The van der Waals surface area contributed by atoms with Gasteiger partial charge in [-0.05, 0) is 70.0 Å². The number of para-hydroxylation sites is 2. The van der Waals surface area contributed by atoms with Gasteiger partial charge in [0.1, 0.15) is 6.54 Å². The van der Waals surface area contributed by atoms with Crippen LogP contribution in [0.15, 0.2) is 77.7 Å². The van der Waals surface area contributed by atoms with Crippen molar-refractivity contribution in [3.8, 4) is 0 Å². The largest absolute Gasteiger partial charge is 0.347 e. The Morgan fingerprint density at radius 2 is 1.50 bits per heavy atom. The summed E-state index contributed by atoms with van der Waals surface area (Å²) in [7, 11) is -4.05. The Hall–Kier alpha value is -3.65. The number of nitrogens with zero attached hydrogens (tertiary/aromatic N) is 1. The monoisotopic (exact) mass is 507 g/mol. The Labute approximate surface area is 213 Å². The topological polar surface area (TPSA) is 95.6 Å². The van der Waals surface area contributed by atoms with E-state index in [1.165, 1.54) is 12.1 Å². The summed E-state index contributed by atoms with van der Waals surface area (Å²) < 4.78 is 28.6. The van der Waals surface area contributed by atoms with Crippen LogP contribution in [0.3, 0.4) is 0 Å². The lowest BCUT2D eigenvalue weighted by Gasteiger charge is -2.26. The van der Waals surface area contributed by atoms with Crippen LogP contribution in [0.1, 0.15) is 49.2 Å². The fraction of sp³-hybridized carbons (Fsp3) is 0.286. The molecule has 7 nitrogen and oxygen atoms in total. The standard InChI is InChI=1S/C28H33N3O4S/c1-6-21-11-7-10-14-25(21)31(36(34,35)22-17-15-20(2)16-18-22)19-26(32)29-24-13-9-8-12-23(24)27(33)30-28(3,4)5/h7-18H,6,19H2,1-5H3,(H,29,32)(H,30,33). The molecule has 0 aromatic heterocycles. The maximum absolute atomic E-state index is 13.7. The predicted molar refractivity (Wildman–Crippen MR) is 144 cm³/mol. The smallest absolute Gasteiger partial charge is 0.264 e. The van der Waals surface area contributed by atoms with Crippen molar-refractivity contribution in [1.29, 1.82) is 0 Å². The molecule has 8 heteroatoms. The number of rotatable bonds is 8. The Morgan fingerprint density at radius 3 is 2.14 bits per heavy atom. The van der Waals surface area contributed by atoms with E-state index in [0.717, 1.165) is 15.4 Å². The normalized spacial score (nSPS) is 11.6. The molecule has 0 bridgehead atoms. The Morgan fingerprint density at radius 1 is 0.889 bits per heavy atom. The third kappa shape index (κ3) is 6.51. The van der Waals surface area contributed by atoms with Crippen molar-refractivity contribution in [2.45, 2.75) is 51.5 Å². The number of anilines is 2. The quantitative estimate of drug-likeness (QED) is 0.452. The molecule has 0 aliphatic rings. The lowest BCUT2D eigenvalue weighted by molar-refractivity contribution is -0.114. The van der Waals surface area contributed by atoms with Crippen molar-refractivity contribution in [3.63, 3.8) is 0 Å². The number of sulfonamides is 1. The molecular weight excluding hydrogens is 474 g/mol. The number of amides is 2. The molecule has 3 rings (SSSR count). The number of carbonyl (C=O) groups is 2. The van der Waals surface area contributed by atoms with Crippen LogP contribution in [-0.4, -0.2) is 32.3 Å². The van der Waals surface area contributed by atoms with Crippen molar-refractivity contribution in [2.75, 3.05) is 16.2 Å². The Balaban J connectivity index is 1.97. The molecular formula is C28H33N3O4S. The van der Waals surface area contributed by atoms with Gasteiger partial charge in [0.05, 0.1) is 21.8 Å². The van der Waals surface area contributed by atoms with Crippen LogP contribution in [0.25, 0.3) is 0 Å². The molecule has 3 aromatic rings. The van der Waals surface area contributed by atoms with Crippen molar-refractivity contribution in [1.82, 2.24) is 5.32 Å². The highest BCUT2D eigenvalue weighted by Gasteiger charge is 2.29. The van der Waals surface area contributed by atoms with Crippen LogP contribution >= 0.6 is 0 Å². The van der Waals surface area contributed by atoms with Crippen LogP contribution in [-0.2, 0) is 21.2 Å². The Kier molecular flexibility index (Phi) is 8.20. The van der Waals surface area contributed by atoms with Gasteiger partial charge in [-0.3, -0.25) is 13.9 Å². The van der Waals surface area contributed by atoms with E-state index < -0.39 is 28.0 Å². The number of hydrogen-bond donors (Lipinski definition) is 2.